The molecule has 0 aliphatic carbocycles. The molecule has 4 rings (SSSR count). The van der Waals surface area contributed by atoms with Gasteiger partial charge in [0.25, 0.3) is 15.9 Å². The Morgan fingerprint density at radius 2 is 1.81 bits per heavy atom. The summed E-state index contributed by atoms with van der Waals surface area (Å²) in [4.78, 5) is 17.1. The zero-order valence-corrected chi connectivity index (χ0v) is 18.2. The van der Waals surface area contributed by atoms with Crippen LogP contribution < -0.4 is 10.0 Å². The molecule has 0 aliphatic heterocycles. The first-order valence-electron chi connectivity index (χ1n) is 9.23. The highest BCUT2D eigenvalue weighted by Crippen LogP contribution is 2.25. The van der Waals surface area contributed by atoms with Gasteiger partial charge in [-0.2, -0.15) is 5.10 Å². The summed E-state index contributed by atoms with van der Waals surface area (Å²) in [5, 5.41) is 7.95. The molecule has 2 aromatic carbocycles. The summed E-state index contributed by atoms with van der Waals surface area (Å²) in [6, 6.07) is 14.2. The second-order valence-corrected chi connectivity index (χ2v) is 8.96. The number of fused-ring (bicyclic) bond motifs is 1. The van der Waals surface area contributed by atoms with Crippen LogP contribution in [0.2, 0.25) is 5.02 Å². The number of para-hydroxylation sites is 1. The first kappa shape index (κ1) is 20.8. The number of pyridine rings is 1. The molecule has 8 nitrogen and oxygen atoms in total. The largest absolute Gasteiger partial charge is 0.321 e. The summed E-state index contributed by atoms with van der Waals surface area (Å²) in [5.41, 5.74) is 2.35. The molecule has 2 aromatic heterocycles. The number of aryl methyl sites for hydroxylation is 2. The van der Waals surface area contributed by atoms with Crippen LogP contribution in [0.25, 0.3) is 11.0 Å². The fourth-order valence-corrected chi connectivity index (χ4v) is 4.43. The molecular weight excluding hydrogens is 438 g/mol. The van der Waals surface area contributed by atoms with Crippen molar-refractivity contribution in [3.8, 4) is 0 Å². The lowest BCUT2D eigenvalue weighted by Crippen LogP contribution is -2.16. The molecule has 0 fully saturated rings. The number of nitrogens with one attached hydrogen (secondary N) is 2. The van der Waals surface area contributed by atoms with Crippen molar-refractivity contribution in [2.75, 3.05) is 10.0 Å². The second-order valence-electron chi connectivity index (χ2n) is 6.87. The molecule has 0 radical (unpaired) electrons. The van der Waals surface area contributed by atoms with Crippen molar-refractivity contribution in [1.82, 2.24) is 14.8 Å². The van der Waals surface area contributed by atoms with Crippen molar-refractivity contribution in [3.05, 3.63) is 77.1 Å². The van der Waals surface area contributed by atoms with E-state index in [-0.39, 0.29) is 15.5 Å². The highest BCUT2D eigenvalue weighted by Gasteiger charge is 2.19. The predicted molar refractivity (Wildman–Crippen MR) is 120 cm³/mol. The maximum Gasteiger partial charge on any atom is 0.261 e. The van der Waals surface area contributed by atoms with Gasteiger partial charge >= 0.3 is 0 Å². The fourth-order valence-electron chi connectivity index (χ4n) is 3.14. The van der Waals surface area contributed by atoms with Gasteiger partial charge in [-0.3, -0.25) is 14.2 Å². The molecule has 158 valence electrons. The molecule has 2 N–H and O–H groups in total. The van der Waals surface area contributed by atoms with E-state index in [0.29, 0.717) is 17.0 Å². The number of nitrogens with zero attached hydrogens (tertiary/aromatic N) is 3. The van der Waals surface area contributed by atoms with E-state index in [1.54, 1.807) is 48.1 Å². The molecule has 0 aliphatic rings. The van der Waals surface area contributed by atoms with Gasteiger partial charge < -0.3 is 5.32 Å². The average molecular weight is 456 g/mol. The van der Waals surface area contributed by atoms with Gasteiger partial charge in [-0.1, -0.05) is 29.8 Å². The molecule has 0 saturated heterocycles. The van der Waals surface area contributed by atoms with Crippen molar-refractivity contribution in [1.29, 1.82) is 0 Å². The lowest BCUT2D eigenvalue weighted by atomic mass is 10.2. The van der Waals surface area contributed by atoms with Crippen LogP contribution in [-0.2, 0) is 17.1 Å². The van der Waals surface area contributed by atoms with E-state index < -0.39 is 15.9 Å². The average Bonchev–Trinajstić information content (AvgIpc) is 3.01. The van der Waals surface area contributed by atoms with E-state index >= 15 is 0 Å². The Hall–Kier alpha value is -3.43. The Labute approximate surface area is 183 Å². The lowest BCUT2D eigenvalue weighted by Gasteiger charge is -2.11. The number of rotatable bonds is 5. The summed E-state index contributed by atoms with van der Waals surface area (Å²) >= 11 is 6.19. The number of sulfonamides is 1. The normalized spacial score (nSPS) is 11.5. The highest BCUT2D eigenvalue weighted by molar-refractivity contribution is 7.92. The van der Waals surface area contributed by atoms with E-state index in [1.165, 1.54) is 24.4 Å². The van der Waals surface area contributed by atoms with Crippen LogP contribution in [0, 0.1) is 6.92 Å². The van der Waals surface area contributed by atoms with Crippen LogP contribution in [0.3, 0.4) is 0 Å². The summed E-state index contributed by atoms with van der Waals surface area (Å²) in [6.45, 7) is 1.85. The van der Waals surface area contributed by atoms with Crippen molar-refractivity contribution < 1.29 is 13.2 Å². The van der Waals surface area contributed by atoms with Crippen LogP contribution in [0.5, 0.6) is 0 Å². The quantitative estimate of drug-likeness (QED) is 0.473. The Kier molecular flexibility index (Phi) is 5.38. The Balaban J connectivity index is 1.62. The number of carbonyl (C=O) groups is 1. The third-order valence-corrected chi connectivity index (χ3v) is 6.35. The first-order valence-corrected chi connectivity index (χ1v) is 11.1. The van der Waals surface area contributed by atoms with Crippen molar-refractivity contribution in [2.45, 2.75) is 11.8 Å². The zero-order chi connectivity index (χ0) is 22.2. The standard InChI is InChI=1S/C21H18ClN5O3S/c1-13-17-10-15(12-23-20(17)27(2)25-13)24-21(28)18-11-16(8-9-19(18)22)31(29,30)26-14-6-4-3-5-7-14/h3-12,26H,1-2H3,(H,24,28). The minimum atomic E-state index is -3.90. The SMILES string of the molecule is Cc1nn(C)c2ncc(NC(=O)c3cc(S(=O)(=O)Nc4ccccc4)ccc3Cl)cc12. The number of hydrogen-bond acceptors (Lipinski definition) is 5. The van der Waals surface area contributed by atoms with Gasteiger partial charge in [0.15, 0.2) is 5.65 Å². The van der Waals surface area contributed by atoms with Gasteiger partial charge in [-0.25, -0.2) is 13.4 Å². The molecule has 0 atom stereocenters. The Bertz CT molecular complexity index is 1400. The maximum atomic E-state index is 12.8. The van der Waals surface area contributed by atoms with Gasteiger partial charge in [-0.05, 0) is 43.3 Å². The number of benzene rings is 2. The van der Waals surface area contributed by atoms with Crippen LogP contribution >= 0.6 is 11.6 Å². The summed E-state index contributed by atoms with van der Waals surface area (Å²) in [5.74, 6) is -0.551. The summed E-state index contributed by atoms with van der Waals surface area (Å²) in [6.07, 6.45) is 1.51. The van der Waals surface area contributed by atoms with Crippen LogP contribution in [0.1, 0.15) is 16.1 Å². The number of anilines is 2. The third kappa shape index (κ3) is 4.23. The number of hydrogen-bond donors (Lipinski definition) is 2. The first-order chi connectivity index (χ1) is 14.7. The molecule has 4 aromatic rings. The predicted octanol–water partition coefficient (Wildman–Crippen LogP) is 3.98. The number of amides is 1. The van der Waals surface area contributed by atoms with E-state index in [1.807, 2.05) is 6.92 Å². The molecule has 0 unspecified atom stereocenters. The minimum absolute atomic E-state index is 0.0283. The highest BCUT2D eigenvalue weighted by atomic mass is 35.5. The lowest BCUT2D eigenvalue weighted by molar-refractivity contribution is 0.102. The van der Waals surface area contributed by atoms with E-state index in [2.05, 4.69) is 20.1 Å². The Morgan fingerprint density at radius 1 is 1.06 bits per heavy atom. The van der Waals surface area contributed by atoms with Gasteiger partial charge in [0.2, 0.25) is 0 Å². The smallest absolute Gasteiger partial charge is 0.261 e. The van der Waals surface area contributed by atoms with Gasteiger partial charge in [0, 0.05) is 18.1 Å². The van der Waals surface area contributed by atoms with Gasteiger partial charge in [-0.15, -0.1) is 0 Å². The van der Waals surface area contributed by atoms with E-state index in [0.717, 1.165) is 11.1 Å². The van der Waals surface area contributed by atoms with Crippen molar-refractivity contribution >= 4 is 49.9 Å². The van der Waals surface area contributed by atoms with Crippen LogP contribution in [0.15, 0.2) is 65.7 Å². The van der Waals surface area contributed by atoms with E-state index in [4.69, 9.17) is 11.6 Å². The molecule has 2 heterocycles. The summed E-state index contributed by atoms with van der Waals surface area (Å²) < 4.78 is 29.6. The topological polar surface area (TPSA) is 106 Å². The van der Waals surface area contributed by atoms with Crippen LogP contribution in [-0.4, -0.2) is 29.1 Å². The minimum Gasteiger partial charge on any atom is -0.321 e. The molecule has 10 heteroatoms. The third-order valence-electron chi connectivity index (χ3n) is 4.64. The van der Waals surface area contributed by atoms with E-state index in [9.17, 15) is 13.2 Å². The summed E-state index contributed by atoms with van der Waals surface area (Å²) in [7, 11) is -2.12. The second kappa shape index (κ2) is 8.01. The van der Waals surface area contributed by atoms with Gasteiger partial charge in [0.05, 0.1) is 33.1 Å². The van der Waals surface area contributed by atoms with Gasteiger partial charge in [0.1, 0.15) is 0 Å². The number of halogens is 1. The molecule has 0 saturated carbocycles. The van der Waals surface area contributed by atoms with Crippen LogP contribution in [0.4, 0.5) is 11.4 Å². The van der Waals surface area contributed by atoms with Crippen molar-refractivity contribution in [2.24, 2.45) is 7.05 Å². The zero-order valence-electron chi connectivity index (χ0n) is 16.6. The molecule has 0 spiro atoms. The molecule has 31 heavy (non-hydrogen) atoms. The fraction of sp³-hybridized carbons (Fsp3) is 0.0952. The molecular formula is C21H18ClN5O3S. The van der Waals surface area contributed by atoms with Crippen molar-refractivity contribution in [3.63, 3.8) is 0 Å². The maximum absolute atomic E-state index is 12.8. The number of carbonyl (C=O) groups excluding carboxylic acids is 1. The Morgan fingerprint density at radius 3 is 2.55 bits per heavy atom. The monoisotopic (exact) mass is 455 g/mol. The molecule has 0 bridgehead atoms. The molecule has 1 amide bonds. The number of aromatic nitrogens is 3.